The minimum absolute atomic E-state index is 0.0905. The quantitative estimate of drug-likeness (QED) is 0.901. The molecule has 0 aliphatic carbocycles. The maximum absolute atomic E-state index is 12.3. The topological polar surface area (TPSA) is 56.8 Å². The first kappa shape index (κ1) is 16.5. The molecule has 0 fully saturated rings. The zero-order valence-electron chi connectivity index (χ0n) is 13.3. The first-order valence-electron chi connectivity index (χ1n) is 7.67. The van der Waals surface area contributed by atoms with E-state index in [0.717, 1.165) is 11.5 Å². The lowest BCUT2D eigenvalue weighted by atomic mass is 10.1. The van der Waals surface area contributed by atoms with Crippen molar-refractivity contribution in [3.63, 3.8) is 0 Å². The van der Waals surface area contributed by atoms with Crippen LogP contribution in [0.5, 0.6) is 17.2 Å². The van der Waals surface area contributed by atoms with E-state index in [2.05, 4.69) is 5.32 Å². The minimum atomic E-state index is -0.208. The Bertz CT molecular complexity index is 735. The molecule has 1 aliphatic rings. The highest BCUT2D eigenvalue weighted by atomic mass is 35.5. The molecule has 1 aliphatic heterocycles. The fourth-order valence-electron chi connectivity index (χ4n) is 2.50. The number of methoxy groups -OCH3 is 1. The summed E-state index contributed by atoms with van der Waals surface area (Å²) in [4.78, 5) is 12.3. The van der Waals surface area contributed by atoms with Crippen molar-refractivity contribution in [1.82, 2.24) is 5.32 Å². The minimum Gasteiger partial charge on any atom is -0.496 e. The summed E-state index contributed by atoms with van der Waals surface area (Å²) in [5.74, 6) is 1.73. The molecule has 0 radical (unpaired) electrons. The predicted octanol–water partition coefficient (Wildman–Crippen LogP) is 3.31. The van der Waals surface area contributed by atoms with E-state index in [4.69, 9.17) is 25.8 Å². The third-order valence-corrected chi connectivity index (χ3v) is 3.96. The number of para-hydroxylation sites is 2. The molecule has 0 aromatic heterocycles. The van der Waals surface area contributed by atoms with Crippen molar-refractivity contribution in [3.05, 3.63) is 53.1 Å². The summed E-state index contributed by atoms with van der Waals surface area (Å²) < 4.78 is 16.7. The Kier molecular flexibility index (Phi) is 5.11. The molecule has 1 amide bonds. The summed E-state index contributed by atoms with van der Waals surface area (Å²) in [6, 6.07) is 12.5. The maximum Gasteiger partial charge on any atom is 0.255 e. The van der Waals surface area contributed by atoms with E-state index in [1.165, 1.54) is 7.11 Å². The lowest BCUT2D eigenvalue weighted by molar-refractivity contribution is 0.0812. The standard InChI is InChI=1S/C18H18ClNO4/c1-22-17-10-12(19)6-7-14(17)18(21)20-9-8-13-11-23-15-4-2-3-5-16(15)24-13/h2-7,10,13H,8-9,11H2,1H3,(H,20,21)/t13-/m1/s1. The number of nitrogens with one attached hydrogen (secondary N) is 1. The van der Waals surface area contributed by atoms with E-state index in [-0.39, 0.29) is 12.0 Å². The molecule has 126 valence electrons. The highest BCUT2D eigenvalue weighted by molar-refractivity contribution is 6.30. The van der Waals surface area contributed by atoms with E-state index in [1.54, 1.807) is 18.2 Å². The first-order valence-corrected chi connectivity index (χ1v) is 8.05. The third kappa shape index (κ3) is 3.74. The number of hydrogen-bond donors (Lipinski definition) is 1. The van der Waals surface area contributed by atoms with Crippen molar-refractivity contribution in [2.45, 2.75) is 12.5 Å². The van der Waals surface area contributed by atoms with E-state index in [0.29, 0.717) is 35.9 Å². The average molecular weight is 348 g/mol. The number of hydrogen-bond acceptors (Lipinski definition) is 4. The monoisotopic (exact) mass is 347 g/mol. The molecular weight excluding hydrogens is 330 g/mol. The number of amides is 1. The van der Waals surface area contributed by atoms with Crippen LogP contribution >= 0.6 is 11.6 Å². The van der Waals surface area contributed by atoms with Crippen molar-refractivity contribution in [1.29, 1.82) is 0 Å². The molecule has 2 aromatic rings. The van der Waals surface area contributed by atoms with Crippen molar-refractivity contribution < 1.29 is 19.0 Å². The molecule has 1 N–H and O–H groups in total. The smallest absolute Gasteiger partial charge is 0.255 e. The molecule has 6 heteroatoms. The van der Waals surface area contributed by atoms with Gasteiger partial charge in [-0.1, -0.05) is 23.7 Å². The second kappa shape index (κ2) is 7.45. The third-order valence-electron chi connectivity index (χ3n) is 3.73. The van der Waals surface area contributed by atoms with Crippen LogP contribution in [0.2, 0.25) is 5.02 Å². The predicted molar refractivity (Wildman–Crippen MR) is 91.3 cm³/mol. The van der Waals surface area contributed by atoms with Crippen LogP contribution in [0.15, 0.2) is 42.5 Å². The molecule has 0 saturated heterocycles. The zero-order chi connectivity index (χ0) is 16.9. The highest BCUT2D eigenvalue weighted by Crippen LogP contribution is 2.31. The van der Waals surface area contributed by atoms with Crippen LogP contribution in [0, 0.1) is 0 Å². The largest absolute Gasteiger partial charge is 0.496 e. The number of fused-ring (bicyclic) bond motifs is 1. The van der Waals surface area contributed by atoms with Gasteiger partial charge in [0.15, 0.2) is 11.5 Å². The maximum atomic E-state index is 12.3. The van der Waals surface area contributed by atoms with Gasteiger partial charge >= 0.3 is 0 Å². The lowest BCUT2D eigenvalue weighted by Crippen LogP contribution is -2.34. The lowest BCUT2D eigenvalue weighted by Gasteiger charge is -2.26. The van der Waals surface area contributed by atoms with E-state index in [9.17, 15) is 4.79 Å². The Morgan fingerprint density at radius 3 is 2.88 bits per heavy atom. The van der Waals surface area contributed by atoms with Crippen molar-refractivity contribution in [2.24, 2.45) is 0 Å². The summed E-state index contributed by atoms with van der Waals surface area (Å²) in [7, 11) is 1.51. The van der Waals surface area contributed by atoms with Crippen LogP contribution in [0.1, 0.15) is 16.8 Å². The van der Waals surface area contributed by atoms with Crippen LogP contribution in [0.4, 0.5) is 0 Å². The van der Waals surface area contributed by atoms with Gasteiger partial charge < -0.3 is 19.5 Å². The van der Waals surface area contributed by atoms with Gasteiger partial charge in [-0.3, -0.25) is 4.79 Å². The Hall–Kier alpha value is -2.40. The highest BCUT2D eigenvalue weighted by Gasteiger charge is 2.20. The molecule has 2 aromatic carbocycles. The Morgan fingerprint density at radius 1 is 1.29 bits per heavy atom. The molecule has 0 spiro atoms. The average Bonchev–Trinajstić information content (AvgIpc) is 2.61. The van der Waals surface area contributed by atoms with Gasteiger partial charge in [-0.2, -0.15) is 0 Å². The molecule has 1 heterocycles. The zero-order valence-corrected chi connectivity index (χ0v) is 14.0. The van der Waals surface area contributed by atoms with Crippen molar-refractivity contribution >= 4 is 17.5 Å². The number of ether oxygens (including phenoxy) is 3. The van der Waals surface area contributed by atoms with Gasteiger partial charge in [-0.25, -0.2) is 0 Å². The summed E-state index contributed by atoms with van der Waals surface area (Å²) in [5, 5.41) is 3.39. The van der Waals surface area contributed by atoms with Crippen molar-refractivity contribution in [2.75, 3.05) is 20.3 Å². The van der Waals surface area contributed by atoms with Gasteiger partial charge in [0.25, 0.3) is 5.91 Å². The van der Waals surface area contributed by atoms with Crippen LogP contribution in [-0.2, 0) is 0 Å². The van der Waals surface area contributed by atoms with Crippen molar-refractivity contribution in [3.8, 4) is 17.2 Å². The summed E-state index contributed by atoms with van der Waals surface area (Å²) in [6.07, 6.45) is 0.558. The number of benzene rings is 2. The van der Waals surface area contributed by atoms with Gasteiger partial charge in [-0.15, -0.1) is 0 Å². The van der Waals surface area contributed by atoms with Crippen LogP contribution in [0.3, 0.4) is 0 Å². The molecule has 3 rings (SSSR count). The van der Waals surface area contributed by atoms with Gasteiger partial charge in [-0.05, 0) is 30.3 Å². The molecule has 0 bridgehead atoms. The number of halogens is 1. The SMILES string of the molecule is COc1cc(Cl)ccc1C(=O)NCC[C@@H]1COc2ccccc2O1. The Morgan fingerprint density at radius 2 is 2.08 bits per heavy atom. The van der Waals surface area contributed by atoms with Gasteiger partial charge in [0.1, 0.15) is 18.5 Å². The summed E-state index contributed by atoms with van der Waals surface area (Å²) in [5.41, 5.74) is 0.452. The van der Waals surface area contributed by atoms with E-state index in [1.807, 2.05) is 24.3 Å². The van der Waals surface area contributed by atoms with Gasteiger partial charge in [0.2, 0.25) is 0 Å². The summed E-state index contributed by atoms with van der Waals surface area (Å²) >= 11 is 5.91. The molecule has 1 atom stereocenters. The van der Waals surface area contributed by atoms with Gasteiger partial charge in [0, 0.05) is 18.0 Å². The van der Waals surface area contributed by atoms with Crippen LogP contribution in [0.25, 0.3) is 0 Å². The fourth-order valence-corrected chi connectivity index (χ4v) is 2.66. The number of rotatable bonds is 5. The second-order valence-electron chi connectivity index (χ2n) is 5.39. The summed E-state index contributed by atoms with van der Waals surface area (Å²) in [6.45, 7) is 0.942. The molecule has 24 heavy (non-hydrogen) atoms. The second-order valence-corrected chi connectivity index (χ2v) is 5.82. The first-order chi connectivity index (χ1) is 11.7. The number of carbonyl (C=O) groups excluding carboxylic acids is 1. The normalized spacial score (nSPS) is 15.7. The Balaban J connectivity index is 1.53. The van der Waals surface area contributed by atoms with Crippen LogP contribution < -0.4 is 19.5 Å². The molecule has 5 nitrogen and oxygen atoms in total. The van der Waals surface area contributed by atoms with E-state index >= 15 is 0 Å². The molecule has 0 unspecified atom stereocenters. The van der Waals surface area contributed by atoms with E-state index < -0.39 is 0 Å². The van der Waals surface area contributed by atoms with Gasteiger partial charge in [0.05, 0.1) is 12.7 Å². The fraction of sp³-hybridized carbons (Fsp3) is 0.278. The number of carbonyl (C=O) groups is 1. The van der Waals surface area contributed by atoms with Crippen LogP contribution in [-0.4, -0.2) is 32.3 Å². The molecule has 0 saturated carbocycles. The molecular formula is C18H18ClNO4. The Labute approximate surface area is 145 Å².